The standard InChI is InChI=1S/C15H15N3O/c1-12-4-2-5-13(10-12)19-9-8-18-14-6-3-7-17-15(14)11-16/h2-7,10,18H,8-9H2,1H3. The number of anilines is 1. The van der Waals surface area contributed by atoms with Gasteiger partial charge < -0.3 is 10.1 Å². The van der Waals surface area contributed by atoms with E-state index in [1.807, 2.05) is 43.3 Å². The lowest BCUT2D eigenvalue weighted by atomic mass is 10.2. The monoisotopic (exact) mass is 253 g/mol. The topological polar surface area (TPSA) is 57.9 Å². The molecule has 1 aromatic heterocycles. The molecule has 2 aromatic rings. The number of ether oxygens (including phenoxy) is 1. The molecule has 1 aromatic carbocycles. The average molecular weight is 253 g/mol. The largest absolute Gasteiger partial charge is 0.492 e. The molecule has 0 saturated heterocycles. The van der Waals surface area contributed by atoms with E-state index in [1.165, 1.54) is 5.56 Å². The summed E-state index contributed by atoms with van der Waals surface area (Å²) in [6.07, 6.45) is 1.60. The maximum absolute atomic E-state index is 8.90. The van der Waals surface area contributed by atoms with Gasteiger partial charge in [-0.05, 0) is 36.8 Å². The van der Waals surface area contributed by atoms with Gasteiger partial charge in [0, 0.05) is 12.7 Å². The number of hydrogen-bond acceptors (Lipinski definition) is 4. The van der Waals surface area contributed by atoms with Crippen LogP contribution in [-0.2, 0) is 0 Å². The molecule has 1 N–H and O–H groups in total. The van der Waals surface area contributed by atoms with Gasteiger partial charge in [0.15, 0.2) is 5.69 Å². The molecule has 19 heavy (non-hydrogen) atoms. The Balaban J connectivity index is 1.83. The first-order valence-electron chi connectivity index (χ1n) is 6.08. The summed E-state index contributed by atoms with van der Waals surface area (Å²) in [5.74, 6) is 0.855. The van der Waals surface area contributed by atoms with Gasteiger partial charge in [-0.25, -0.2) is 4.98 Å². The van der Waals surface area contributed by atoms with Gasteiger partial charge in [0.25, 0.3) is 0 Å². The molecule has 2 rings (SSSR count). The molecule has 96 valence electrons. The fraction of sp³-hybridized carbons (Fsp3) is 0.200. The minimum Gasteiger partial charge on any atom is -0.492 e. The van der Waals surface area contributed by atoms with Crippen LogP contribution in [-0.4, -0.2) is 18.1 Å². The molecule has 0 amide bonds. The van der Waals surface area contributed by atoms with Crippen LogP contribution in [0.5, 0.6) is 5.75 Å². The second kappa shape index (κ2) is 6.41. The van der Waals surface area contributed by atoms with Crippen molar-refractivity contribution in [2.45, 2.75) is 6.92 Å². The van der Waals surface area contributed by atoms with Gasteiger partial charge in [0.05, 0.1) is 5.69 Å². The van der Waals surface area contributed by atoms with Crippen LogP contribution in [0.2, 0.25) is 0 Å². The molecule has 0 atom stereocenters. The Kier molecular flexibility index (Phi) is 4.35. The van der Waals surface area contributed by atoms with Crippen molar-refractivity contribution in [2.24, 2.45) is 0 Å². The first-order valence-corrected chi connectivity index (χ1v) is 6.08. The third-order valence-corrected chi connectivity index (χ3v) is 2.59. The summed E-state index contributed by atoms with van der Waals surface area (Å²) in [6.45, 7) is 3.18. The number of aryl methyl sites for hydroxylation is 1. The zero-order valence-corrected chi connectivity index (χ0v) is 10.8. The van der Waals surface area contributed by atoms with Crippen molar-refractivity contribution in [1.29, 1.82) is 5.26 Å². The summed E-state index contributed by atoms with van der Waals surface area (Å²) in [5, 5.41) is 12.0. The van der Waals surface area contributed by atoms with E-state index in [0.29, 0.717) is 18.8 Å². The zero-order chi connectivity index (χ0) is 13.5. The molecule has 0 aliphatic heterocycles. The maximum Gasteiger partial charge on any atom is 0.163 e. The summed E-state index contributed by atoms with van der Waals surface area (Å²) >= 11 is 0. The number of nitriles is 1. The minimum absolute atomic E-state index is 0.401. The van der Waals surface area contributed by atoms with E-state index in [2.05, 4.69) is 10.3 Å². The molecule has 4 nitrogen and oxygen atoms in total. The summed E-state index contributed by atoms with van der Waals surface area (Å²) in [5.41, 5.74) is 2.31. The van der Waals surface area contributed by atoms with Crippen molar-refractivity contribution in [3.63, 3.8) is 0 Å². The van der Waals surface area contributed by atoms with Gasteiger partial charge in [-0.15, -0.1) is 0 Å². The third-order valence-electron chi connectivity index (χ3n) is 2.59. The van der Waals surface area contributed by atoms with Crippen LogP contribution >= 0.6 is 0 Å². The lowest BCUT2D eigenvalue weighted by molar-refractivity contribution is 0.332. The Hall–Kier alpha value is -2.54. The summed E-state index contributed by atoms with van der Waals surface area (Å²) < 4.78 is 5.62. The molecule has 0 fully saturated rings. The van der Waals surface area contributed by atoms with Gasteiger partial charge in [-0.1, -0.05) is 12.1 Å². The second-order valence-electron chi connectivity index (χ2n) is 4.10. The Morgan fingerprint density at radius 3 is 3.00 bits per heavy atom. The maximum atomic E-state index is 8.90. The number of hydrogen-bond donors (Lipinski definition) is 1. The third kappa shape index (κ3) is 3.71. The van der Waals surface area contributed by atoms with Crippen LogP contribution in [0.3, 0.4) is 0 Å². The molecule has 0 spiro atoms. The fourth-order valence-corrected chi connectivity index (χ4v) is 1.70. The lowest BCUT2D eigenvalue weighted by Crippen LogP contribution is -2.12. The highest BCUT2D eigenvalue weighted by atomic mass is 16.5. The number of aromatic nitrogens is 1. The van der Waals surface area contributed by atoms with E-state index >= 15 is 0 Å². The molecule has 0 bridgehead atoms. The predicted molar refractivity (Wildman–Crippen MR) is 74.1 cm³/mol. The molecule has 0 radical (unpaired) electrons. The molecule has 4 heteroatoms. The zero-order valence-electron chi connectivity index (χ0n) is 10.8. The highest BCUT2D eigenvalue weighted by molar-refractivity contribution is 5.53. The fourth-order valence-electron chi connectivity index (χ4n) is 1.70. The van der Waals surface area contributed by atoms with Crippen LogP contribution in [0.25, 0.3) is 0 Å². The second-order valence-corrected chi connectivity index (χ2v) is 4.10. The minimum atomic E-state index is 0.401. The summed E-state index contributed by atoms with van der Waals surface area (Å²) in [4.78, 5) is 3.98. The number of nitrogens with zero attached hydrogens (tertiary/aromatic N) is 2. The molecular weight excluding hydrogens is 238 g/mol. The smallest absolute Gasteiger partial charge is 0.163 e. The van der Waals surface area contributed by atoms with Gasteiger partial charge in [0.1, 0.15) is 18.4 Å². The molecule has 0 saturated carbocycles. The number of benzene rings is 1. The van der Waals surface area contributed by atoms with Crippen molar-refractivity contribution in [3.8, 4) is 11.8 Å². The van der Waals surface area contributed by atoms with Crippen LogP contribution in [0.15, 0.2) is 42.6 Å². The van der Waals surface area contributed by atoms with Crippen molar-refractivity contribution in [1.82, 2.24) is 4.98 Å². The highest BCUT2D eigenvalue weighted by Crippen LogP contribution is 2.13. The highest BCUT2D eigenvalue weighted by Gasteiger charge is 2.00. The predicted octanol–water partition coefficient (Wildman–Crippen LogP) is 2.75. The Morgan fingerprint density at radius 1 is 1.32 bits per heavy atom. The molecule has 1 heterocycles. The van der Waals surface area contributed by atoms with E-state index in [1.54, 1.807) is 12.3 Å². The van der Waals surface area contributed by atoms with Crippen molar-refractivity contribution in [2.75, 3.05) is 18.5 Å². The number of pyridine rings is 1. The van der Waals surface area contributed by atoms with E-state index in [9.17, 15) is 0 Å². The SMILES string of the molecule is Cc1cccc(OCCNc2cccnc2C#N)c1. The number of rotatable bonds is 5. The van der Waals surface area contributed by atoms with Gasteiger partial charge in [-0.2, -0.15) is 5.26 Å². The quantitative estimate of drug-likeness (QED) is 0.832. The van der Waals surface area contributed by atoms with Crippen LogP contribution < -0.4 is 10.1 Å². The van der Waals surface area contributed by atoms with Crippen molar-refractivity contribution >= 4 is 5.69 Å². The Bertz CT molecular complexity index is 590. The average Bonchev–Trinajstić information content (AvgIpc) is 2.44. The van der Waals surface area contributed by atoms with Gasteiger partial charge >= 0.3 is 0 Å². The van der Waals surface area contributed by atoms with Crippen LogP contribution in [0.4, 0.5) is 5.69 Å². The van der Waals surface area contributed by atoms with Gasteiger partial charge in [0.2, 0.25) is 0 Å². The van der Waals surface area contributed by atoms with E-state index in [4.69, 9.17) is 10.00 Å². The normalized spacial score (nSPS) is 9.68. The van der Waals surface area contributed by atoms with Gasteiger partial charge in [-0.3, -0.25) is 0 Å². The van der Waals surface area contributed by atoms with E-state index in [0.717, 1.165) is 11.4 Å². The van der Waals surface area contributed by atoms with Crippen LogP contribution in [0.1, 0.15) is 11.3 Å². The first-order chi connectivity index (χ1) is 9.29. The molecular formula is C15H15N3O. The Labute approximate surface area is 112 Å². The summed E-state index contributed by atoms with van der Waals surface area (Å²) in [6, 6.07) is 13.6. The molecule has 0 aliphatic rings. The summed E-state index contributed by atoms with van der Waals surface area (Å²) in [7, 11) is 0. The van der Waals surface area contributed by atoms with E-state index < -0.39 is 0 Å². The number of nitrogens with one attached hydrogen (secondary N) is 1. The van der Waals surface area contributed by atoms with Crippen molar-refractivity contribution < 1.29 is 4.74 Å². The lowest BCUT2D eigenvalue weighted by Gasteiger charge is -2.09. The molecule has 0 aliphatic carbocycles. The Morgan fingerprint density at radius 2 is 2.21 bits per heavy atom. The van der Waals surface area contributed by atoms with Crippen LogP contribution in [0, 0.1) is 18.3 Å². The molecule has 0 unspecified atom stereocenters. The van der Waals surface area contributed by atoms with E-state index in [-0.39, 0.29) is 0 Å². The first kappa shape index (κ1) is 12.9. The van der Waals surface area contributed by atoms with Crippen molar-refractivity contribution in [3.05, 3.63) is 53.9 Å².